The van der Waals surface area contributed by atoms with E-state index in [1.54, 1.807) is 13.1 Å². The number of hydrogen-bond acceptors (Lipinski definition) is 5. The number of nitrogens with one attached hydrogen (secondary N) is 1. The minimum absolute atomic E-state index is 0.264. The van der Waals surface area contributed by atoms with Gasteiger partial charge in [-0.05, 0) is 6.92 Å². The number of methoxy groups -OCH3 is 1. The zero-order valence-corrected chi connectivity index (χ0v) is 11.0. The summed E-state index contributed by atoms with van der Waals surface area (Å²) in [6.07, 6.45) is 1.80. The lowest BCUT2D eigenvalue weighted by Crippen LogP contribution is -2.34. The first kappa shape index (κ1) is 13.5. The molecule has 0 aliphatic heterocycles. The Labute approximate surface area is 102 Å². The molecule has 0 unspecified atom stereocenters. The van der Waals surface area contributed by atoms with Crippen LogP contribution in [0.15, 0.2) is 6.20 Å². The van der Waals surface area contributed by atoms with Crippen molar-refractivity contribution in [1.29, 1.82) is 0 Å². The van der Waals surface area contributed by atoms with Crippen molar-refractivity contribution < 1.29 is 9.53 Å². The second kappa shape index (κ2) is 5.67. The van der Waals surface area contributed by atoms with E-state index in [2.05, 4.69) is 15.0 Å². The molecule has 0 amide bonds. The third-order valence-electron chi connectivity index (χ3n) is 2.60. The molecule has 1 heterocycles. The number of esters is 1. The summed E-state index contributed by atoms with van der Waals surface area (Å²) in [5.74, 6) is 0.618. The number of imidazole rings is 1. The largest absolute Gasteiger partial charge is 0.468 e. The second-order valence-corrected chi connectivity index (χ2v) is 4.13. The lowest BCUT2D eigenvalue weighted by Gasteiger charge is -2.14. The quantitative estimate of drug-likeness (QED) is 0.742. The summed E-state index contributed by atoms with van der Waals surface area (Å²) in [5.41, 5.74) is 1.02. The highest BCUT2D eigenvalue weighted by Crippen LogP contribution is 2.10. The van der Waals surface area contributed by atoms with Crippen molar-refractivity contribution in [2.75, 3.05) is 26.1 Å². The summed E-state index contributed by atoms with van der Waals surface area (Å²) >= 11 is 0. The summed E-state index contributed by atoms with van der Waals surface area (Å²) < 4.78 is 6.63. The molecule has 1 aromatic rings. The first-order valence-electron chi connectivity index (χ1n) is 5.46. The molecule has 0 saturated carbocycles. The molecule has 0 aliphatic carbocycles. The van der Waals surface area contributed by atoms with Crippen LogP contribution in [0.5, 0.6) is 0 Å². The molecule has 0 bridgehead atoms. The van der Waals surface area contributed by atoms with E-state index in [1.165, 1.54) is 7.11 Å². The van der Waals surface area contributed by atoms with Gasteiger partial charge in [-0.25, -0.2) is 4.98 Å². The maximum atomic E-state index is 11.2. The van der Waals surface area contributed by atoms with Crippen LogP contribution in [0.25, 0.3) is 0 Å². The number of carbonyl (C=O) groups excluding carboxylic acids is 1. The fourth-order valence-electron chi connectivity index (χ4n) is 1.53. The molecule has 6 nitrogen and oxygen atoms in total. The molecular weight excluding hydrogens is 220 g/mol. The zero-order valence-electron chi connectivity index (χ0n) is 11.0. The molecule has 1 atom stereocenters. The number of anilines is 1. The summed E-state index contributed by atoms with van der Waals surface area (Å²) in [5, 5.41) is 3.09. The molecule has 0 fully saturated rings. The first-order valence-corrected chi connectivity index (χ1v) is 5.46. The Hall–Kier alpha value is -1.56. The van der Waals surface area contributed by atoms with Crippen molar-refractivity contribution in [2.24, 2.45) is 7.05 Å². The van der Waals surface area contributed by atoms with Crippen LogP contribution >= 0.6 is 0 Å². The molecule has 1 rings (SSSR count). The van der Waals surface area contributed by atoms with Crippen LogP contribution in [0.4, 0.5) is 5.95 Å². The number of ether oxygens (including phenoxy) is 1. The van der Waals surface area contributed by atoms with Gasteiger partial charge in [0, 0.05) is 27.7 Å². The van der Waals surface area contributed by atoms with Gasteiger partial charge in [0.05, 0.1) is 19.0 Å². The Morgan fingerprint density at radius 3 is 2.76 bits per heavy atom. The third-order valence-corrected chi connectivity index (χ3v) is 2.60. The van der Waals surface area contributed by atoms with Gasteiger partial charge in [-0.3, -0.25) is 10.1 Å². The highest BCUT2D eigenvalue weighted by molar-refractivity contribution is 5.75. The van der Waals surface area contributed by atoms with E-state index in [0.29, 0.717) is 6.54 Å². The monoisotopic (exact) mass is 240 g/mol. The second-order valence-electron chi connectivity index (χ2n) is 4.13. The third kappa shape index (κ3) is 3.20. The average Bonchev–Trinajstić information content (AvgIpc) is 2.66. The minimum Gasteiger partial charge on any atom is -0.468 e. The van der Waals surface area contributed by atoms with Crippen LogP contribution in [0.2, 0.25) is 0 Å². The van der Waals surface area contributed by atoms with Gasteiger partial charge in [0.1, 0.15) is 6.04 Å². The minimum atomic E-state index is -0.322. The van der Waals surface area contributed by atoms with E-state index in [-0.39, 0.29) is 12.0 Å². The number of hydrogen-bond donors (Lipinski definition) is 1. The summed E-state index contributed by atoms with van der Waals surface area (Å²) in [6, 6.07) is -0.322. The van der Waals surface area contributed by atoms with Crippen LogP contribution in [0, 0.1) is 0 Å². The van der Waals surface area contributed by atoms with Crippen molar-refractivity contribution in [2.45, 2.75) is 19.5 Å². The number of rotatable bonds is 5. The van der Waals surface area contributed by atoms with E-state index in [1.807, 2.05) is 30.6 Å². The van der Waals surface area contributed by atoms with Crippen LogP contribution in [-0.4, -0.2) is 42.8 Å². The van der Waals surface area contributed by atoms with Crippen LogP contribution < -0.4 is 10.2 Å². The smallest absolute Gasteiger partial charge is 0.322 e. The highest BCUT2D eigenvalue weighted by atomic mass is 16.5. The fourth-order valence-corrected chi connectivity index (χ4v) is 1.53. The van der Waals surface area contributed by atoms with Gasteiger partial charge in [-0.1, -0.05) is 0 Å². The average molecular weight is 240 g/mol. The lowest BCUT2D eigenvalue weighted by atomic mass is 10.3. The standard InChI is InChI=1S/C11H20N4O2/c1-8(10(16)17-5)12-6-9-7-13-11(14(2)3)15(9)4/h7-8,12H,6H2,1-5H3/t8-/m0/s1. The van der Waals surface area contributed by atoms with E-state index < -0.39 is 0 Å². The van der Waals surface area contributed by atoms with E-state index >= 15 is 0 Å². The Kier molecular flexibility index (Phi) is 4.51. The molecule has 0 spiro atoms. The van der Waals surface area contributed by atoms with Crippen LogP contribution in [0.3, 0.4) is 0 Å². The predicted octanol–water partition coefficient (Wildman–Crippen LogP) is 0.137. The molecule has 17 heavy (non-hydrogen) atoms. The maximum absolute atomic E-state index is 11.2. The Bertz CT molecular complexity index is 387. The topological polar surface area (TPSA) is 59.4 Å². The normalized spacial score (nSPS) is 12.3. The summed E-state index contributed by atoms with van der Waals surface area (Å²) in [7, 11) is 7.21. The number of aromatic nitrogens is 2. The predicted molar refractivity (Wildman–Crippen MR) is 65.9 cm³/mol. The van der Waals surface area contributed by atoms with E-state index in [4.69, 9.17) is 0 Å². The van der Waals surface area contributed by atoms with Crippen molar-refractivity contribution in [3.05, 3.63) is 11.9 Å². The summed E-state index contributed by atoms with van der Waals surface area (Å²) in [4.78, 5) is 17.4. The molecule has 6 heteroatoms. The van der Waals surface area contributed by atoms with Crippen molar-refractivity contribution in [1.82, 2.24) is 14.9 Å². The Morgan fingerprint density at radius 2 is 2.29 bits per heavy atom. The number of carbonyl (C=O) groups is 1. The van der Waals surface area contributed by atoms with Gasteiger partial charge >= 0.3 is 5.97 Å². The Morgan fingerprint density at radius 1 is 1.65 bits per heavy atom. The van der Waals surface area contributed by atoms with Gasteiger partial charge in [0.15, 0.2) is 0 Å². The Balaban J connectivity index is 2.61. The van der Waals surface area contributed by atoms with Crippen LogP contribution in [-0.2, 0) is 23.1 Å². The first-order chi connectivity index (χ1) is 7.97. The van der Waals surface area contributed by atoms with Crippen LogP contribution in [0.1, 0.15) is 12.6 Å². The summed E-state index contributed by atoms with van der Waals surface area (Å²) in [6.45, 7) is 2.35. The zero-order chi connectivity index (χ0) is 13.0. The van der Waals surface area contributed by atoms with Gasteiger partial charge in [-0.15, -0.1) is 0 Å². The van der Waals surface area contributed by atoms with Gasteiger partial charge in [0.2, 0.25) is 5.95 Å². The molecular formula is C11H20N4O2. The van der Waals surface area contributed by atoms with Gasteiger partial charge < -0.3 is 14.2 Å². The van der Waals surface area contributed by atoms with E-state index in [9.17, 15) is 4.79 Å². The fraction of sp³-hybridized carbons (Fsp3) is 0.636. The molecule has 1 N–H and O–H groups in total. The molecule has 0 saturated heterocycles. The van der Waals surface area contributed by atoms with Crippen molar-refractivity contribution in [3.8, 4) is 0 Å². The van der Waals surface area contributed by atoms with Crippen molar-refractivity contribution in [3.63, 3.8) is 0 Å². The lowest BCUT2D eigenvalue weighted by molar-refractivity contribution is -0.142. The maximum Gasteiger partial charge on any atom is 0.322 e. The molecule has 0 aliphatic rings. The highest BCUT2D eigenvalue weighted by Gasteiger charge is 2.14. The SMILES string of the molecule is COC(=O)[C@H](C)NCc1cnc(N(C)C)n1C. The molecule has 1 aromatic heterocycles. The molecule has 96 valence electrons. The van der Waals surface area contributed by atoms with Gasteiger partial charge in [-0.2, -0.15) is 0 Å². The van der Waals surface area contributed by atoms with Gasteiger partial charge in [0.25, 0.3) is 0 Å². The van der Waals surface area contributed by atoms with E-state index in [0.717, 1.165) is 11.6 Å². The van der Waals surface area contributed by atoms with Crippen molar-refractivity contribution >= 4 is 11.9 Å². The molecule has 0 aromatic carbocycles. The molecule has 0 radical (unpaired) electrons. The number of nitrogens with zero attached hydrogens (tertiary/aromatic N) is 3.